The third-order valence-electron chi connectivity index (χ3n) is 4.21. The third-order valence-corrected chi connectivity index (χ3v) is 4.21. The molecule has 0 aromatic heterocycles. The lowest BCUT2D eigenvalue weighted by molar-refractivity contribution is -0.124. The second kappa shape index (κ2) is 9.72. The number of benzene rings is 2. The molecule has 2 N–H and O–H groups in total. The number of hydrogen-bond acceptors (Lipinski definition) is 7. The number of aryl methyl sites for hydroxylation is 1. The van der Waals surface area contributed by atoms with E-state index in [4.69, 9.17) is 9.94 Å². The van der Waals surface area contributed by atoms with E-state index in [1.807, 2.05) is 31.2 Å². The number of rotatable bonds is 8. The molecule has 2 rings (SSSR count). The maximum absolute atomic E-state index is 12.4. The van der Waals surface area contributed by atoms with Gasteiger partial charge in [-0.25, -0.2) is 4.79 Å². The van der Waals surface area contributed by atoms with Crippen LogP contribution < -0.4 is 15.4 Å². The maximum Gasteiger partial charge on any atom is 0.340 e. The fourth-order valence-corrected chi connectivity index (χ4v) is 2.68. The number of ether oxygens (including phenoxy) is 1. The molecule has 0 saturated carbocycles. The van der Waals surface area contributed by atoms with E-state index in [1.54, 1.807) is 19.0 Å². The van der Waals surface area contributed by atoms with Crippen LogP contribution >= 0.6 is 0 Å². The lowest BCUT2D eigenvalue weighted by Crippen LogP contribution is -2.30. The zero-order chi connectivity index (χ0) is 20.7. The van der Waals surface area contributed by atoms with Gasteiger partial charge in [0.15, 0.2) is 6.61 Å². The summed E-state index contributed by atoms with van der Waals surface area (Å²) in [6.07, 6.45) is 0.676. The van der Waals surface area contributed by atoms with Crippen molar-refractivity contribution in [3.05, 3.63) is 64.4 Å². The van der Waals surface area contributed by atoms with Crippen LogP contribution in [0.4, 0.5) is 11.4 Å². The molecule has 150 valence electrons. The van der Waals surface area contributed by atoms with Crippen LogP contribution in [0.3, 0.4) is 0 Å². The number of anilines is 2. The molecule has 2 aromatic carbocycles. The Balaban J connectivity index is 1.91. The molecule has 0 aliphatic heterocycles. The van der Waals surface area contributed by atoms with Crippen LogP contribution in [0.25, 0.3) is 0 Å². The van der Waals surface area contributed by atoms with Crippen molar-refractivity contribution >= 4 is 23.3 Å². The molecular weight excluding hydrogens is 362 g/mol. The van der Waals surface area contributed by atoms with E-state index < -0.39 is 18.5 Å². The maximum atomic E-state index is 12.4. The lowest BCUT2D eigenvalue weighted by Gasteiger charge is -2.24. The average molecular weight is 386 g/mol. The SMILES string of the molecule is Cc1ccccc1CCNC(=O)COC(=O)c1cc(N([O-])O)ccc1N(C)C. The third kappa shape index (κ3) is 5.70. The minimum absolute atomic E-state index is 0.0742. The van der Waals surface area contributed by atoms with E-state index >= 15 is 0 Å². The Kier molecular flexibility index (Phi) is 7.36. The molecule has 0 aliphatic rings. The topological polar surface area (TPSA) is 105 Å². The molecule has 0 atom stereocenters. The molecule has 0 radical (unpaired) electrons. The standard InChI is InChI=1S/C20H24N3O5/c1-14-6-4-5-7-15(14)10-11-21-19(24)13-28-20(25)17-12-16(23(26)27)8-9-18(17)22(2)3/h4-9,12,26H,10-11,13H2,1-3H3,(H,21,24)/q-1. The molecule has 1 amide bonds. The summed E-state index contributed by atoms with van der Waals surface area (Å²) in [5, 5.41) is 22.5. The number of carbonyl (C=O) groups excluding carboxylic acids is 2. The van der Waals surface area contributed by atoms with E-state index in [0.29, 0.717) is 18.7 Å². The van der Waals surface area contributed by atoms with Gasteiger partial charge in [0, 0.05) is 20.6 Å². The van der Waals surface area contributed by atoms with Crippen molar-refractivity contribution in [2.45, 2.75) is 13.3 Å². The van der Waals surface area contributed by atoms with Gasteiger partial charge in [0.1, 0.15) is 0 Å². The second-order valence-corrected chi connectivity index (χ2v) is 6.47. The van der Waals surface area contributed by atoms with Crippen LogP contribution in [0.15, 0.2) is 42.5 Å². The molecule has 0 spiro atoms. The Morgan fingerprint density at radius 2 is 1.89 bits per heavy atom. The summed E-state index contributed by atoms with van der Waals surface area (Å²) in [5.74, 6) is -1.18. The van der Waals surface area contributed by atoms with Crippen molar-refractivity contribution in [3.63, 3.8) is 0 Å². The van der Waals surface area contributed by atoms with Crippen LogP contribution in [-0.2, 0) is 16.0 Å². The summed E-state index contributed by atoms with van der Waals surface area (Å²) in [4.78, 5) is 26.0. The number of carbonyl (C=O) groups is 2. The molecule has 28 heavy (non-hydrogen) atoms. The predicted molar refractivity (Wildman–Crippen MR) is 107 cm³/mol. The number of nitrogens with zero attached hydrogens (tertiary/aromatic N) is 2. The van der Waals surface area contributed by atoms with E-state index in [1.165, 1.54) is 18.2 Å². The van der Waals surface area contributed by atoms with Gasteiger partial charge in [0.2, 0.25) is 0 Å². The van der Waals surface area contributed by atoms with Crippen molar-refractivity contribution in [1.29, 1.82) is 0 Å². The number of nitrogens with one attached hydrogen (secondary N) is 1. The molecule has 0 unspecified atom stereocenters. The largest absolute Gasteiger partial charge is 0.733 e. The molecule has 0 heterocycles. The van der Waals surface area contributed by atoms with Gasteiger partial charge in [0.05, 0.1) is 16.9 Å². The fourth-order valence-electron chi connectivity index (χ4n) is 2.68. The molecule has 0 saturated heterocycles. The minimum Gasteiger partial charge on any atom is -0.733 e. The van der Waals surface area contributed by atoms with Crippen LogP contribution in [0.5, 0.6) is 0 Å². The Hall–Kier alpha value is -3.10. The van der Waals surface area contributed by atoms with Crippen LogP contribution in [0.1, 0.15) is 21.5 Å². The first kappa shape index (κ1) is 21.2. The first-order valence-corrected chi connectivity index (χ1v) is 8.75. The van der Waals surface area contributed by atoms with Crippen molar-refractivity contribution in [1.82, 2.24) is 5.32 Å². The second-order valence-electron chi connectivity index (χ2n) is 6.47. The summed E-state index contributed by atoms with van der Waals surface area (Å²) < 4.78 is 5.06. The van der Waals surface area contributed by atoms with Gasteiger partial charge >= 0.3 is 5.97 Å². The number of esters is 1. The van der Waals surface area contributed by atoms with Crippen molar-refractivity contribution in [2.75, 3.05) is 37.4 Å². The lowest BCUT2D eigenvalue weighted by atomic mass is 10.1. The molecule has 8 nitrogen and oxygen atoms in total. The Morgan fingerprint density at radius 3 is 2.54 bits per heavy atom. The van der Waals surface area contributed by atoms with Crippen LogP contribution in [-0.4, -0.2) is 44.3 Å². The minimum atomic E-state index is -0.763. The summed E-state index contributed by atoms with van der Waals surface area (Å²) in [5.41, 5.74) is 2.75. The van der Waals surface area contributed by atoms with Gasteiger partial charge in [-0.05, 0) is 42.7 Å². The summed E-state index contributed by atoms with van der Waals surface area (Å²) in [6.45, 7) is 1.99. The monoisotopic (exact) mass is 386 g/mol. The van der Waals surface area contributed by atoms with Gasteiger partial charge in [-0.15, -0.1) is 0 Å². The van der Waals surface area contributed by atoms with Crippen molar-refractivity contribution in [3.8, 4) is 0 Å². The van der Waals surface area contributed by atoms with Gasteiger partial charge < -0.3 is 25.4 Å². The molecule has 0 bridgehead atoms. The van der Waals surface area contributed by atoms with Crippen LogP contribution in [0.2, 0.25) is 0 Å². The Morgan fingerprint density at radius 1 is 1.18 bits per heavy atom. The molecule has 0 aliphatic carbocycles. The Labute approximate surface area is 163 Å². The summed E-state index contributed by atoms with van der Waals surface area (Å²) in [7, 11) is 3.44. The average Bonchev–Trinajstić information content (AvgIpc) is 2.67. The van der Waals surface area contributed by atoms with Gasteiger partial charge in [0.25, 0.3) is 5.91 Å². The van der Waals surface area contributed by atoms with Crippen LogP contribution in [0, 0.1) is 12.1 Å². The van der Waals surface area contributed by atoms with Gasteiger partial charge in [-0.1, -0.05) is 24.3 Å². The van der Waals surface area contributed by atoms with Crippen molar-refractivity contribution in [2.24, 2.45) is 0 Å². The first-order chi connectivity index (χ1) is 13.3. The zero-order valence-corrected chi connectivity index (χ0v) is 16.1. The van der Waals surface area contributed by atoms with E-state index in [2.05, 4.69) is 5.32 Å². The van der Waals surface area contributed by atoms with Gasteiger partial charge in [-0.3, -0.25) is 10.0 Å². The molecule has 0 fully saturated rings. The first-order valence-electron chi connectivity index (χ1n) is 8.75. The highest BCUT2D eigenvalue weighted by molar-refractivity contribution is 5.98. The number of hydrogen-bond donors (Lipinski definition) is 2. The highest BCUT2D eigenvalue weighted by atomic mass is 16.8. The highest BCUT2D eigenvalue weighted by Crippen LogP contribution is 2.25. The van der Waals surface area contributed by atoms with E-state index in [0.717, 1.165) is 11.1 Å². The quantitative estimate of drug-likeness (QED) is 0.530. The van der Waals surface area contributed by atoms with Gasteiger partial charge in [-0.2, -0.15) is 0 Å². The normalized spacial score (nSPS) is 10.3. The zero-order valence-electron chi connectivity index (χ0n) is 16.1. The van der Waals surface area contributed by atoms with Crippen molar-refractivity contribution < 1.29 is 19.5 Å². The Bertz CT molecular complexity index is 836. The predicted octanol–water partition coefficient (Wildman–Crippen LogP) is 2.27. The summed E-state index contributed by atoms with van der Waals surface area (Å²) >= 11 is 0. The fraction of sp³-hybridized carbons (Fsp3) is 0.300. The highest BCUT2D eigenvalue weighted by Gasteiger charge is 2.17. The molecular formula is C20H24N3O5-. The molecule has 8 heteroatoms. The summed E-state index contributed by atoms with van der Waals surface area (Å²) in [6, 6.07) is 12.0. The van der Waals surface area contributed by atoms with E-state index in [9.17, 15) is 14.8 Å². The van der Waals surface area contributed by atoms with E-state index in [-0.39, 0.29) is 16.5 Å². The molecule has 2 aromatic rings. The number of amides is 1. The smallest absolute Gasteiger partial charge is 0.340 e.